The summed E-state index contributed by atoms with van der Waals surface area (Å²) in [6, 6.07) is 12.1. The summed E-state index contributed by atoms with van der Waals surface area (Å²) in [7, 11) is 0. The van der Waals surface area contributed by atoms with Crippen LogP contribution in [0.15, 0.2) is 42.5 Å². The maximum absolute atomic E-state index is 13.7. The number of hydrogen-bond acceptors (Lipinski definition) is 2. The lowest BCUT2D eigenvalue weighted by Crippen LogP contribution is -2.37. The number of halogens is 2. The van der Waals surface area contributed by atoms with Gasteiger partial charge >= 0.3 is 0 Å². The number of nitrogens with zero attached hydrogens (tertiary/aromatic N) is 1. The van der Waals surface area contributed by atoms with E-state index in [1.165, 1.54) is 6.07 Å². The van der Waals surface area contributed by atoms with Gasteiger partial charge in [0.15, 0.2) is 0 Å². The van der Waals surface area contributed by atoms with Gasteiger partial charge in [-0.3, -0.25) is 0 Å². The molecule has 0 atom stereocenters. The van der Waals surface area contributed by atoms with Crippen LogP contribution >= 0.6 is 23.8 Å². The molecule has 1 aliphatic heterocycles. The SMILES string of the molecule is CC1CCN(C(=S)c2ccc(OCc3ccccc3F)c(Cl)c2)CC1. The van der Waals surface area contributed by atoms with E-state index in [9.17, 15) is 4.39 Å². The first kappa shape index (κ1) is 18.2. The van der Waals surface area contributed by atoms with Gasteiger partial charge in [-0.2, -0.15) is 0 Å². The molecule has 1 aliphatic rings. The lowest BCUT2D eigenvalue weighted by Gasteiger charge is -2.32. The van der Waals surface area contributed by atoms with Gasteiger partial charge in [-0.05, 0) is 43.0 Å². The van der Waals surface area contributed by atoms with Crippen molar-refractivity contribution in [1.82, 2.24) is 4.90 Å². The van der Waals surface area contributed by atoms with Crippen LogP contribution in [0.5, 0.6) is 5.75 Å². The van der Waals surface area contributed by atoms with Crippen molar-refractivity contribution >= 4 is 28.8 Å². The second-order valence-corrected chi connectivity index (χ2v) is 7.29. The molecular weight excluding hydrogens is 357 g/mol. The third kappa shape index (κ3) is 4.50. The van der Waals surface area contributed by atoms with Crippen molar-refractivity contribution in [2.45, 2.75) is 26.4 Å². The Kier molecular flexibility index (Phi) is 5.92. The highest BCUT2D eigenvalue weighted by Gasteiger charge is 2.19. The number of ether oxygens (including phenoxy) is 1. The molecule has 3 rings (SSSR count). The molecule has 0 amide bonds. The van der Waals surface area contributed by atoms with E-state index in [2.05, 4.69) is 11.8 Å². The average molecular weight is 378 g/mol. The zero-order valence-corrected chi connectivity index (χ0v) is 15.7. The van der Waals surface area contributed by atoms with Crippen molar-refractivity contribution < 1.29 is 9.13 Å². The lowest BCUT2D eigenvalue weighted by molar-refractivity contribution is 0.284. The van der Waals surface area contributed by atoms with Crippen LogP contribution in [0, 0.1) is 11.7 Å². The minimum atomic E-state index is -0.282. The van der Waals surface area contributed by atoms with Crippen molar-refractivity contribution in [3.63, 3.8) is 0 Å². The Bertz CT molecular complexity index is 759. The largest absolute Gasteiger partial charge is 0.487 e. The summed E-state index contributed by atoms with van der Waals surface area (Å²) in [6.45, 7) is 4.39. The Morgan fingerprint density at radius 1 is 1.24 bits per heavy atom. The monoisotopic (exact) mass is 377 g/mol. The van der Waals surface area contributed by atoms with Crippen LogP contribution in [0.3, 0.4) is 0 Å². The fraction of sp³-hybridized carbons (Fsp3) is 0.350. The predicted octanol–water partition coefficient (Wildman–Crippen LogP) is 5.47. The number of thiocarbonyl (C=S) groups is 1. The van der Waals surface area contributed by atoms with Crippen LogP contribution in [0.25, 0.3) is 0 Å². The Morgan fingerprint density at radius 3 is 2.64 bits per heavy atom. The van der Waals surface area contributed by atoms with E-state index < -0.39 is 0 Å². The number of likely N-dealkylation sites (tertiary alicyclic amines) is 1. The molecule has 2 nitrogen and oxygen atoms in total. The average Bonchev–Trinajstić information content (AvgIpc) is 2.62. The normalized spacial score (nSPS) is 15.2. The second kappa shape index (κ2) is 8.15. The van der Waals surface area contributed by atoms with E-state index in [1.807, 2.05) is 12.1 Å². The first-order chi connectivity index (χ1) is 12.0. The Balaban J connectivity index is 1.66. The molecule has 1 heterocycles. The summed E-state index contributed by atoms with van der Waals surface area (Å²) in [6.07, 6.45) is 2.33. The minimum Gasteiger partial charge on any atom is -0.487 e. The fourth-order valence-electron chi connectivity index (χ4n) is 2.92. The first-order valence-electron chi connectivity index (χ1n) is 8.49. The van der Waals surface area contributed by atoms with Crippen molar-refractivity contribution in [3.8, 4) is 5.75 Å². The number of hydrogen-bond donors (Lipinski definition) is 0. The molecule has 0 radical (unpaired) electrons. The molecule has 0 unspecified atom stereocenters. The van der Waals surface area contributed by atoms with Crippen LogP contribution in [0.4, 0.5) is 4.39 Å². The third-order valence-electron chi connectivity index (χ3n) is 4.59. The summed E-state index contributed by atoms with van der Waals surface area (Å²) in [4.78, 5) is 3.07. The van der Waals surface area contributed by atoms with Gasteiger partial charge in [0.2, 0.25) is 0 Å². The first-order valence-corrected chi connectivity index (χ1v) is 9.28. The molecule has 0 aliphatic carbocycles. The van der Waals surface area contributed by atoms with E-state index in [1.54, 1.807) is 24.3 Å². The topological polar surface area (TPSA) is 12.5 Å². The molecule has 1 fully saturated rings. The summed E-state index contributed by atoms with van der Waals surface area (Å²) < 4.78 is 19.3. The molecule has 0 spiro atoms. The molecule has 2 aromatic carbocycles. The van der Waals surface area contributed by atoms with E-state index in [4.69, 9.17) is 28.6 Å². The molecule has 5 heteroatoms. The van der Waals surface area contributed by atoms with E-state index in [0.29, 0.717) is 16.3 Å². The van der Waals surface area contributed by atoms with Crippen LogP contribution in [0.2, 0.25) is 5.02 Å². The van der Waals surface area contributed by atoms with Gasteiger partial charge in [-0.1, -0.05) is 48.9 Å². The maximum atomic E-state index is 13.7. The van der Waals surface area contributed by atoms with Gasteiger partial charge in [0.25, 0.3) is 0 Å². The summed E-state index contributed by atoms with van der Waals surface area (Å²) in [5, 5.41) is 0.488. The lowest BCUT2D eigenvalue weighted by atomic mass is 9.99. The zero-order valence-electron chi connectivity index (χ0n) is 14.2. The van der Waals surface area contributed by atoms with Crippen molar-refractivity contribution in [3.05, 3.63) is 64.4 Å². The Morgan fingerprint density at radius 2 is 1.96 bits per heavy atom. The van der Waals surface area contributed by atoms with Gasteiger partial charge in [0.1, 0.15) is 23.2 Å². The van der Waals surface area contributed by atoms with Crippen LogP contribution in [-0.2, 0) is 6.61 Å². The van der Waals surface area contributed by atoms with Crippen LogP contribution < -0.4 is 4.74 Å². The third-order valence-corrected chi connectivity index (χ3v) is 5.38. The number of benzene rings is 2. The zero-order chi connectivity index (χ0) is 17.8. The minimum absolute atomic E-state index is 0.139. The highest BCUT2D eigenvalue weighted by Crippen LogP contribution is 2.28. The second-order valence-electron chi connectivity index (χ2n) is 6.50. The highest BCUT2D eigenvalue weighted by molar-refractivity contribution is 7.80. The number of rotatable bonds is 4. The Labute approximate surface area is 158 Å². The molecular formula is C20H21ClFNOS. The fourth-order valence-corrected chi connectivity index (χ4v) is 3.46. The Hall–Kier alpha value is -1.65. The molecule has 0 N–H and O–H groups in total. The molecule has 0 bridgehead atoms. The summed E-state index contributed by atoms with van der Waals surface area (Å²) in [5.74, 6) is 1.01. The van der Waals surface area contributed by atoms with E-state index in [-0.39, 0.29) is 12.4 Å². The van der Waals surface area contributed by atoms with E-state index in [0.717, 1.165) is 42.4 Å². The summed E-state index contributed by atoms with van der Waals surface area (Å²) >= 11 is 12.0. The van der Waals surface area contributed by atoms with Gasteiger partial charge in [0, 0.05) is 24.2 Å². The molecule has 2 aromatic rings. The van der Waals surface area contributed by atoms with Crippen molar-refractivity contribution in [1.29, 1.82) is 0 Å². The predicted molar refractivity (Wildman–Crippen MR) is 104 cm³/mol. The van der Waals surface area contributed by atoms with Gasteiger partial charge < -0.3 is 9.64 Å². The maximum Gasteiger partial charge on any atom is 0.138 e. The molecule has 1 saturated heterocycles. The van der Waals surface area contributed by atoms with Gasteiger partial charge in [-0.25, -0.2) is 4.39 Å². The number of piperidine rings is 1. The molecule has 0 saturated carbocycles. The highest BCUT2D eigenvalue weighted by atomic mass is 35.5. The molecule has 132 valence electrons. The van der Waals surface area contributed by atoms with Gasteiger partial charge in [0.05, 0.1) is 5.02 Å². The van der Waals surface area contributed by atoms with Crippen molar-refractivity contribution in [2.75, 3.05) is 13.1 Å². The molecule has 25 heavy (non-hydrogen) atoms. The van der Waals surface area contributed by atoms with E-state index >= 15 is 0 Å². The smallest absolute Gasteiger partial charge is 0.138 e. The molecule has 0 aromatic heterocycles. The summed E-state index contributed by atoms with van der Waals surface area (Å²) in [5.41, 5.74) is 1.42. The van der Waals surface area contributed by atoms with Crippen LogP contribution in [-0.4, -0.2) is 23.0 Å². The van der Waals surface area contributed by atoms with Crippen LogP contribution in [0.1, 0.15) is 30.9 Å². The van der Waals surface area contributed by atoms with Gasteiger partial charge in [-0.15, -0.1) is 0 Å². The standard InChI is InChI=1S/C20H21ClFNOS/c1-14-8-10-23(11-9-14)20(25)15-6-7-19(17(21)12-15)24-13-16-4-2-3-5-18(16)22/h2-7,12,14H,8-11,13H2,1H3. The van der Waals surface area contributed by atoms with Crippen molar-refractivity contribution in [2.24, 2.45) is 5.92 Å². The quantitative estimate of drug-likeness (QED) is 0.656.